The van der Waals surface area contributed by atoms with Crippen molar-refractivity contribution in [2.45, 2.75) is 13.0 Å². The molecule has 100 valence electrons. The molecule has 0 aromatic carbocycles. The van der Waals surface area contributed by atoms with Gasteiger partial charge in [0.1, 0.15) is 12.1 Å². The minimum Gasteiger partial charge on any atom is -0.351 e. The third-order valence-electron chi connectivity index (χ3n) is 3.65. The van der Waals surface area contributed by atoms with Gasteiger partial charge in [-0.1, -0.05) is 0 Å². The molecule has 0 unspecified atom stereocenters. The van der Waals surface area contributed by atoms with Crippen LogP contribution in [0.15, 0.2) is 41.5 Å². The average Bonchev–Trinajstić information content (AvgIpc) is 2.98. The Labute approximate surface area is 124 Å². The summed E-state index contributed by atoms with van der Waals surface area (Å²) in [7, 11) is 0. The Morgan fingerprint density at radius 1 is 1.10 bits per heavy atom. The molecular weight excluding hydrogens is 318 g/mol. The highest BCUT2D eigenvalue weighted by molar-refractivity contribution is 9.10. The van der Waals surface area contributed by atoms with Gasteiger partial charge >= 0.3 is 0 Å². The molecule has 3 aromatic heterocycles. The number of nitrogens with zero attached hydrogens (tertiary/aromatic N) is 5. The number of hydrogen-bond acceptors (Lipinski definition) is 4. The van der Waals surface area contributed by atoms with Crippen molar-refractivity contribution in [3.63, 3.8) is 0 Å². The first-order chi connectivity index (χ1) is 9.83. The van der Waals surface area contributed by atoms with Crippen molar-refractivity contribution >= 4 is 27.3 Å². The first-order valence-electron chi connectivity index (χ1n) is 6.47. The summed E-state index contributed by atoms with van der Waals surface area (Å²) in [5, 5.41) is 0. The van der Waals surface area contributed by atoms with Crippen molar-refractivity contribution in [3.05, 3.63) is 52.9 Å². The zero-order valence-electron chi connectivity index (χ0n) is 10.7. The van der Waals surface area contributed by atoms with Crippen molar-refractivity contribution in [1.82, 2.24) is 19.4 Å². The maximum Gasteiger partial charge on any atom is 0.114 e. The van der Waals surface area contributed by atoms with Gasteiger partial charge in [-0.15, -0.1) is 0 Å². The molecule has 6 heteroatoms. The summed E-state index contributed by atoms with van der Waals surface area (Å²) in [5.41, 5.74) is 3.25. The Kier molecular flexibility index (Phi) is 2.70. The highest BCUT2D eigenvalue weighted by Gasteiger charge is 2.20. The van der Waals surface area contributed by atoms with Gasteiger partial charge in [0.2, 0.25) is 0 Å². The number of hydrogen-bond donors (Lipinski definition) is 0. The summed E-state index contributed by atoms with van der Waals surface area (Å²) in [4.78, 5) is 15.4. The maximum atomic E-state index is 4.44. The lowest BCUT2D eigenvalue weighted by atomic mass is 10.1. The van der Waals surface area contributed by atoms with Gasteiger partial charge in [0.15, 0.2) is 0 Å². The van der Waals surface area contributed by atoms with Crippen LogP contribution < -0.4 is 4.90 Å². The molecule has 4 rings (SSSR count). The second-order valence-electron chi connectivity index (χ2n) is 4.81. The first-order valence-corrected chi connectivity index (χ1v) is 7.26. The smallest absolute Gasteiger partial charge is 0.114 e. The zero-order chi connectivity index (χ0) is 13.5. The number of fused-ring (bicyclic) bond motifs is 2. The Hall–Kier alpha value is -1.95. The van der Waals surface area contributed by atoms with Crippen molar-refractivity contribution in [1.29, 1.82) is 0 Å². The molecule has 0 saturated heterocycles. The van der Waals surface area contributed by atoms with Crippen molar-refractivity contribution in [2.75, 3.05) is 11.4 Å². The van der Waals surface area contributed by atoms with Crippen LogP contribution in [0, 0.1) is 0 Å². The van der Waals surface area contributed by atoms with Gasteiger partial charge in [0, 0.05) is 29.8 Å². The first kappa shape index (κ1) is 11.8. The van der Waals surface area contributed by atoms with Crippen molar-refractivity contribution < 1.29 is 0 Å². The number of anilines is 1. The molecule has 3 aromatic rings. The molecule has 4 heterocycles. The van der Waals surface area contributed by atoms with Gasteiger partial charge in [-0.3, -0.25) is 14.4 Å². The number of aromatic nitrogens is 4. The Balaban J connectivity index is 1.78. The van der Waals surface area contributed by atoms with E-state index in [4.69, 9.17) is 0 Å². The SMILES string of the molecule is Brc1ccc(N2CCc3nccnc3C2)n2cncc12. The van der Waals surface area contributed by atoms with Gasteiger partial charge in [-0.25, -0.2) is 4.98 Å². The highest BCUT2D eigenvalue weighted by Crippen LogP contribution is 2.27. The van der Waals surface area contributed by atoms with E-state index in [1.807, 2.05) is 12.5 Å². The van der Waals surface area contributed by atoms with E-state index in [1.54, 1.807) is 12.4 Å². The Bertz CT molecular complexity index is 782. The topological polar surface area (TPSA) is 46.3 Å². The zero-order valence-corrected chi connectivity index (χ0v) is 12.3. The minimum absolute atomic E-state index is 0.790. The average molecular weight is 330 g/mol. The lowest BCUT2D eigenvalue weighted by Crippen LogP contribution is -2.32. The predicted molar refractivity (Wildman–Crippen MR) is 79.7 cm³/mol. The van der Waals surface area contributed by atoms with Crippen molar-refractivity contribution in [3.8, 4) is 0 Å². The molecule has 0 atom stereocenters. The van der Waals surface area contributed by atoms with Crippen LogP contribution >= 0.6 is 15.9 Å². The third-order valence-corrected chi connectivity index (χ3v) is 4.32. The number of rotatable bonds is 1. The Morgan fingerprint density at radius 2 is 1.95 bits per heavy atom. The van der Waals surface area contributed by atoms with Crippen LogP contribution in [0.3, 0.4) is 0 Å². The Morgan fingerprint density at radius 3 is 2.85 bits per heavy atom. The molecule has 0 aliphatic carbocycles. The van der Waals surface area contributed by atoms with Crippen LogP contribution in [0.1, 0.15) is 11.4 Å². The van der Waals surface area contributed by atoms with Gasteiger partial charge in [0.05, 0.1) is 29.6 Å². The largest absolute Gasteiger partial charge is 0.351 e. The fraction of sp³-hybridized carbons (Fsp3) is 0.214. The summed E-state index contributed by atoms with van der Waals surface area (Å²) < 4.78 is 3.15. The summed E-state index contributed by atoms with van der Waals surface area (Å²) >= 11 is 3.56. The van der Waals surface area contributed by atoms with E-state index in [1.165, 1.54) is 0 Å². The van der Waals surface area contributed by atoms with Crippen LogP contribution in [0.25, 0.3) is 5.52 Å². The molecule has 0 bridgehead atoms. The lowest BCUT2D eigenvalue weighted by molar-refractivity contribution is 0.677. The van der Waals surface area contributed by atoms with Crippen LogP contribution in [-0.2, 0) is 13.0 Å². The fourth-order valence-corrected chi connectivity index (χ4v) is 3.08. The second-order valence-corrected chi connectivity index (χ2v) is 5.66. The number of pyridine rings is 1. The molecule has 0 saturated carbocycles. The van der Waals surface area contributed by atoms with E-state index in [9.17, 15) is 0 Å². The fourth-order valence-electron chi connectivity index (χ4n) is 2.66. The van der Waals surface area contributed by atoms with E-state index in [0.717, 1.165) is 46.7 Å². The standard InChI is InChI=1S/C14H12BrN5/c15-10-1-2-14(20-9-16-7-13(10)20)19-6-3-11-12(8-19)18-5-4-17-11/h1-2,4-5,7,9H,3,6,8H2. The molecule has 1 aliphatic heterocycles. The monoisotopic (exact) mass is 329 g/mol. The van der Waals surface area contributed by atoms with Crippen LogP contribution in [0.5, 0.6) is 0 Å². The van der Waals surface area contributed by atoms with E-state index < -0.39 is 0 Å². The van der Waals surface area contributed by atoms with Gasteiger partial charge in [-0.05, 0) is 28.1 Å². The van der Waals surface area contributed by atoms with Crippen LogP contribution in [0.4, 0.5) is 5.82 Å². The number of imidazole rings is 1. The van der Waals surface area contributed by atoms with Crippen LogP contribution in [0.2, 0.25) is 0 Å². The van der Waals surface area contributed by atoms with E-state index in [-0.39, 0.29) is 0 Å². The summed E-state index contributed by atoms with van der Waals surface area (Å²) in [6.07, 6.45) is 8.17. The molecule has 5 nitrogen and oxygen atoms in total. The molecule has 0 spiro atoms. The van der Waals surface area contributed by atoms with E-state index >= 15 is 0 Å². The second kappa shape index (κ2) is 4.56. The molecule has 0 N–H and O–H groups in total. The molecule has 0 radical (unpaired) electrons. The lowest BCUT2D eigenvalue weighted by Gasteiger charge is -2.29. The molecule has 0 fully saturated rings. The van der Waals surface area contributed by atoms with Gasteiger partial charge in [0.25, 0.3) is 0 Å². The maximum absolute atomic E-state index is 4.44. The molecular formula is C14H12BrN5. The minimum atomic E-state index is 0.790. The van der Waals surface area contributed by atoms with Crippen LogP contribution in [-0.4, -0.2) is 25.9 Å². The summed E-state index contributed by atoms with van der Waals surface area (Å²) in [5.74, 6) is 1.14. The molecule has 20 heavy (non-hydrogen) atoms. The normalized spacial score (nSPS) is 14.6. The molecule has 1 aliphatic rings. The predicted octanol–water partition coefficient (Wildman–Crippen LogP) is 2.45. The quantitative estimate of drug-likeness (QED) is 0.688. The summed E-state index contributed by atoms with van der Waals surface area (Å²) in [6, 6.07) is 4.18. The molecule has 0 amide bonds. The highest BCUT2D eigenvalue weighted by atomic mass is 79.9. The summed E-state index contributed by atoms with van der Waals surface area (Å²) in [6.45, 7) is 1.73. The van der Waals surface area contributed by atoms with E-state index in [0.29, 0.717) is 0 Å². The van der Waals surface area contributed by atoms with Gasteiger partial charge < -0.3 is 4.90 Å². The van der Waals surface area contributed by atoms with Gasteiger partial charge in [-0.2, -0.15) is 0 Å². The number of halogens is 1. The van der Waals surface area contributed by atoms with E-state index in [2.05, 4.69) is 52.3 Å². The van der Waals surface area contributed by atoms with Crippen molar-refractivity contribution in [2.24, 2.45) is 0 Å². The third kappa shape index (κ3) is 1.79.